The van der Waals surface area contributed by atoms with Gasteiger partial charge in [0.1, 0.15) is 0 Å². The van der Waals surface area contributed by atoms with E-state index in [1.54, 1.807) is 36.4 Å². The van der Waals surface area contributed by atoms with E-state index in [4.69, 9.17) is 0 Å². The van der Waals surface area contributed by atoms with Gasteiger partial charge < -0.3 is 13.4 Å². The second kappa shape index (κ2) is 4.83. The molecule has 0 aliphatic rings. The molecule has 3 rings (SSSR count). The minimum atomic E-state index is -6.01. The summed E-state index contributed by atoms with van der Waals surface area (Å²) in [4.78, 5) is 0. The number of hydrogen-bond donors (Lipinski definition) is 0. The van der Waals surface area contributed by atoms with Crippen molar-refractivity contribution in [2.75, 3.05) is 0 Å². The first-order valence-corrected chi connectivity index (χ1v) is 6.39. The molecule has 0 saturated carbocycles. The predicted molar refractivity (Wildman–Crippen MR) is 72.3 cm³/mol. The molecule has 0 unspecified atom stereocenters. The topological polar surface area (TPSA) is 13.1 Å². The lowest BCUT2D eigenvalue weighted by Gasteiger charge is -2.23. The second-order valence-corrected chi connectivity index (χ2v) is 4.80. The summed E-state index contributed by atoms with van der Waals surface area (Å²) in [5, 5.41) is 1.75. The van der Waals surface area contributed by atoms with Crippen LogP contribution in [0, 0.1) is 0 Å². The fraction of sp³-hybridized carbons (Fsp3) is 0.0714. The van der Waals surface area contributed by atoms with Crippen molar-refractivity contribution in [3.63, 3.8) is 0 Å². The van der Waals surface area contributed by atoms with Crippen molar-refractivity contribution in [2.24, 2.45) is 0 Å². The minimum absolute atomic E-state index is 0.131. The van der Waals surface area contributed by atoms with E-state index in [2.05, 4.69) is 4.76 Å². The van der Waals surface area contributed by atoms with E-state index < -0.39 is 13.0 Å². The van der Waals surface area contributed by atoms with Crippen LogP contribution in [0.4, 0.5) is 21.8 Å². The lowest BCUT2D eigenvalue weighted by atomic mass is 9.87. The number of alkyl halides is 3. The molecule has 0 atom stereocenters. The van der Waals surface area contributed by atoms with Crippen LogP contribution >= 0.6 is 0 Å². The van der Waals surface area contributed by atoms with E-state index in [1.807, 2.05) is 0 Å². The number of hydrogen-bond acceptors (Lipinski definition) is 1. The van der Waals surface area contributed by atoms with Crippen molar-refractivity contribution in [2.45, 2.75) is 6.08 Å². The van der Waals surface area contributed by atoms with Crippen molar-refractivity contribution in [3.8, 4) is 0 Å². The molecule has 0 amide bonds. The van der Waals surface area contributed by atoms with Crippen molar-refractivity contribution < 1.29 is 31.3 Å². The highest BCUT2D eigenvalue weighted by molar-refractivity contribution is 6.61. The summed E-state index contributed by atoms with van der Waals surface area (Å²) in [5.74, 6) is 0. The Bertz CT molecular complexity index is 849. The van der Waals surface area contributed by atoms with Crippen LogP contribution in [-0.4, -0.2) is 13.0 Å². The normalized spacial score (nSPS) is 12.8. The van der Waals surface area contributed by atoms with Crippen molar-refractivity contribution >= 4 is 28.6 Å². The van der Waals surface area contributed by atoms with Crippen molar-refractivity contribution in [3.05, 3.63) is 54.7 Å². The predicted octanol–water partition coefficient (Wildman–Crippen LogP) is 3.69. The highest BCUT2D eigenvalue weighted by Gasteiger charge is 2.60. The molecule has 0 bridgehead atoms. The summed E-state index contributed by atoms with van der Waals surface area (Å²) in [7, 11) is 0. The molecule has 0 fully saturated rings. The molecule has 0 aliphatic heterocycles. The second-order valence-electron chi connectivity index (χ2n) is 4.80. The van der Waals surface area contributed by atoms with Crippen LogP contribution in [0.1, 0.15) is 0 Å². The van der Waals surface area contributed by atoms with Gasteiger partial charge in [0, 0.05) is 11.5 Å². The summed E-state index contributed by atoms with van der Waals surface area (Å²) in [6, 6.07) is 13.1. The van der Waals surface area contributed by atoms with Gasteiger partial charge in [0.15, 0.2) is 0 Å². The van der Waals surface area contributed by atoms with E-state index in [0.29, 0.717) is 15.5 Å². The first kappa shape index (κ1) is 14.6. The summed E-state index contributed by atoms with van der Waals surface area (Å²) in [6.45, 7) is -6.01. The zero-order chi connectivity index (χ0) is 16.0. The molecule has 0 N–H and O–H groups in total. The third kappa shape index (κ3) is 2.34. The Morgan fingerprint density at radius 3 is 2.14 bits per heavy atom. The fourth-order valence-corrected chi connectivity index (χ4v) is 2.23. The lowest BCUT2D eigenvalue weighted by molar-refractivity contribution is -0.846. The molecule has 1 heterocycles. The highest BCUT2D eigenvalue weighted by atomic mass is 19.4. The molecular weight excluding hydrogens is 304 g/mol. The van der Waals surface area contributed by atoms with Gasteiger partial charge in [-0.05, 0) is 16.9 Å². The maximum atomic E-state index is 13.2. The zero-order valence-electron chi connectivity index (χ0n) is 11.0. The number of rotatable bonds is 2. The third-order valence-electron chi connectivity index (χ3n) is 3.28. The summed E-state index contributed by atoms with van der Waals surface area (Å²) < 4.78 is 68.1. The molecular formula is C14H9BF5NO. The Hall–Kier alpha value is -2.38. The monoisotopic (exact) mass is 313 g/mol. The molecule has 2 nitrogen and oxygen atoms in total. The molecule has 8 heteroatoms. The van der Waals surface area contributed by atoms with Crippen LogP contribution < -0.4 is 9.49 Å². The van der Waals surface area contributed by atoms with Crippen LogP contribution in [0.2, 0.25) is 0 Å². The first-order valence-electron chi connectivity index (χ1n) is 6.39. The van der Waals surface area contributed by atoms with Gasteiger partial charge in [0.2, 0.25) is 6.20 Å². The molecule has 0 radical (unpaired) electrons. The molecule has 114 valence electrons. The standard InChI is InChI=1S/C14H9BF5NO/c16-14(17,18)15(19,20)22-21-9-10-5-1-2-6-11(10)12-7-3-4-8-13(12)21/h1-9H. The zero-order valence-corrected chi connectivity index (χ0v) is 11.0. The van der Waals surface area contributed by atoms with Crippen LogP contribution in [0.15, 0.2) is 54.7 Å². The highest BCUT2D eigenvalue weighted by Crippen LogP contribution is 2.30. The van der Waals surface area contributed by atoms with E-state index in [9.17, 15) is 21.8 Å². The maximum absolute atomic E-state index is 13.2. The molecule has 2 aromatic carbocycles. The summed E-state index contributed by atoms with van der Waals surface area (Å²) in [6.07, 6.45) is -4.61. The van der Waals surface area contributed by atoms with Gasteiger partial charge in [-0.25, -0.2) is 13.2 Å². The van der Waals surface area contributed by atoms with Gasteiger partial charge in [-0.15, -0.1) is 0 Å². The maximum Gasteiger partial charge on any atom is 0.658 e. The van der Waals surface area contributed by atoms with Crippen LogP contribution in [0.25, 0.3) is 21.7 Å². The van der Waals surface area contributed by atoms with E-state index >= 15 is 0 Å². The first-order chi connectivity index (χ1) is 10.3. The molecule has 22 heavy (non-hydrogen) atoms. The van der Waals surface area contributed by atoms with Crippen LogP contribution in [-0.2, 0) is 0 Å². The fourth-order valence-electron chi connectivity index (χ4n) is 2.23. The van der Waals surface area contributed by atoms with Gasteiger partial charge >= 0.3 is 13.0 Å². The number of para-hydroxylation sites is 1. The average Bonchev–Trinajstić information content (AvgIpc) is 2.46. The Kier molecular flexibility index (Phi) is 3.19. The smallest absolute Gasteiger partial charge is 0.432 e. The van der Waals surface area contributed by atoms with Gasteiger partial charge in [0.25, 0.3) is 5.52 Å². The van der Waals surface area contributed by atoms with E-state index in [-0.39, 0.29) is 5.52 Å². The SMILES string of the molecule is F[B-](F)(O[n+]1cc2ccccc2c2ccccc21)C(F)(F)F. The quantitative estimate of drug-likeness (QED) is 0.304. The van der Waals surface area contributed by atoms with Gasteiger partial charge in [-0.1, -0.05) is 30.3 Å². The van der Waals surface area contributed by atoms with Gasteiger partial charge in [0.05, 0.1) is 10.8 Å². The molecule has 0 aliphatic carbocycles. The number of pyridine rings is 1. The van der Waals surface area contributed by atoms with Crippen molar-refractivity contribution in [1.82, 2.24) is 0 Å². The van der Waals surface area contributed by atoms with E-state index in [0.717, 1.165) is 11.6 Å². The Morgan fingerprint density at radius 2 is 1.45 bits per heavy atom. The summed E-state index contributed by atoms with van der Waals surface area (Å²) in [5.41, 5.74) is 0.131. The number of fused-ring (bicyclic) bond motifs is 3. The minimum Gasteiger partial charge on any atom is -0.432 e. The Balaban J connectivity index is 2.24. The van der Waals surface area contributed by atoms with Crippen LogP contribution in [0.5, 0.6) is 0 Å². The van der Waals surface area contributed by atoms with Gasteiger partial charge in [-0.2, -0.15) is 0 Å². The van der Waals surface area contributed by atoms with E-state index in [1.165, 1.54) is 12.1 Å². The van der Waals surface area contributed by atoms with Gasteiger partial charge in [-0.3, -0.25) is 0 Å². The molecule has 1 aromatic heterocycles. The van der Waals surface area contributed by atoms with Crippen LogP contribution in [0.3, 0.4) is 0 Å². The number of aromatic nitrogens is 1. The largest absolute Gasteiger partial charge is 0.658 e. The molecule has 3 aromatic rings. The summed E-state index contributed by atoms with van der Waals surface area (Å²) >= 11 is 0. The third-order valence-corrected chi connectivity index (χ3v) is 3.28. The Labute approximate surface area is 121 Å². The van der Waals surface area contributed by atoms with Crippen molar-refractivity contribution in [1.29, 1.82) is 0 Å². The Morgan fingerprint density at radius 1 is 0.864 bits per heavy atom. The number of halogens is 5. The number of benzene rings is 2. The molecule has 0 spiro atoms. The lowest BCUT2D eigenvalue weighted by Crippen LogP contribution is -2.62. The molecule has 0 saturated heterocycles. The average molecular weight is 313 g/mol. The number of nitrogens with zero attached hydrogens (tertiary/aromatic N) is 1.